The van der Waals surface area contributed by atoms with Gasteiger partial charge < -0.3 is 15.0 Å². The van der Waals surface area contributed by atoms with Gasteiger partial charge in [0.15, 0.2) is 6.61 Å². The number of nitrogens with zero attached hydrogens (tertiary/aromatic N) is 2. The Morgan fingerprint density at radius 3 is 2.64 bits per heavy atom. The minimum atomic E-state index is -0.967. The molecule has 1 atom stereocenters. The first kappa shape index (κ1) is 19.0. The standard InChI is InChI=1S/C19H17N3O6/c1-12-10-17(23)20-14-7-3-5-9-16(14)21(12)18(24)11-28-19(25)13-6-2-4-8-15(13)22(26)27/h2-9,12H,10-11H2,1H3,(H,20,23)/t12-/m1/s1. The highest BCUT2D eigenvalue weighted by molar-refractivity contribution is 6.05. The van der Waals surface area contributed by atoms with E-state index in [1.807, 2.05) is 0 Å². The Labute approximate surface area is 160 Å². The Morgan fingerprint density at radius 1 is 1.21 bits per heavy atom. The molecule has 1 N–H and O–H groups in total. The highest BCUT2D eigenvalue weighted by Gasteiger charge is 2.30. The maximum atomic E-state index is 12.8. The molecule has 0 radical (unpaired) electrons. The van der Waals surface area contributed by atoms with Crippen LogP contribution in [0.5, 0.6) is 0 Å². The van der Waals surface area contributed by atoms with Gasteiger partial charge in [-0.05, 0) is 25.1 Å². The average molecular weight is 383 g/mol. The van der Waals surface area contributed by atoms with Crippen molar-refractivity contribution < 1.29 is 24.0 Å². The number of ether oxygens (including phenoxy) is 1. The van der Waals surface area contributed by atoms with Crippen LogP contribution < -0.4 is 10.2 Å². The van der Waals surface area contributed by atoms with Crippen molar-refractivity contribution in [2.45, 2.75) is 19.4 Å². The summed E-state index contributed by atoms with van der Waals surface area (Å²) in [5.41, 5.74) is 0.340. The minimum absolute atomic E-state index is 0.0819. The molecule has 0 unspecified atom stereocenters. The van der Waals surface area contributed by atoms with Crippen molar-refractivity contribution in [2.75, 3.05) is 16.8 Å². The van der Waals surface area contributed by atoms with Crippen molar-refractivity contribution in [1.82, 2.24) is 0 Å². The third kappa shape index (κ3) is 3.83. The molecule has 1 aliphatic heterocycles. The Kier molecular flexibility index (Phi) is 5.35. The predicted octanol–water partition coefficient (Wildman–Crippen LogP) is 2.52. The number of amides is 2. The third-order valence-corrected chi connectivity index (χ3v) is 4.28. The molecular formula is C19H17N3O6. The lowest BCUT2D eigenvalue weighted by atomic mass is 10.1. The molecular weight excluding hydrogens is 366 g/mol. The van der Waals surface area contributed by atoms with E-state index in [1.165, 1.54) is 29.2 Å². The lowest BCUT2D eigenvalue weighted by molar-refractivity contribution is -0.385. The number of benzene rings is 2. The van der Waals surface area contributed by atoms with E-state index >= 15 is 0 Å². The Balaban J connectivity index is 1.79. The van der Waals surface area contributed by atoms with Crippen LogP contribution in [0.3, 0.4) is 0 Å². The number of carbonyl (C=O) groups excluding carboxylic acids is 3. The monoisotopic (exact) mass is 383 g/mol. The molecule has 28 heavy (non-hydrogen) atoms. The van der Waals surface area contributed by atoms with E-state index in [1.54, 1.807) is 31.2 Å². The van der Waals surface area contributed by atoms with Crippen LogP contribution in [0.2, 0.25) is 0 Å². The summed E-state index contributed by atoms with van der Waals surface area (Å²) < 4.78 is 5.03. The van der Waals surface area contributed by atoms with E-state index in [9.17, 15) is 24.5 Å². The molecule has 0 aliphatic carbocycles. The SMILES string of the molecule is C[C@@H]1CC(=O)Nc2ccccc2N1C(=O)COC(=O)c1ccccc1[N+](=O)[O-]. The van der Waals surface area contributed by atoms with Gasteiger partial charge in [-0.3, -0.25) is 19.7 Å². The first-order valence-electron chi connectivity index (χ1n) is 8.50. The van der Waals surface area contributed by atoms with Crippen LogP contribution in [-0.4, -0.2) is 35.4 Å². The van der Waals surface area contributed by atoms with Gasteiger partial charge in [-0.1, -0.05) is 24.3 Å². The van der Waals surface area contributed by atoms with Crippen molar-refractivity contribution in [3.05, 3.63) is 64.2 Å². The van der Waals surface area contributed by atoms with Gasteiger partial charge in [-0.2, -0.15) is 0 Å². The summed E-state index contributed by atoms with van der Waals surface area (Å²) in [6, 6.07) is 11.7. The fourth-order valence-electron chi connectivity index (χ4n) is 3.05. The third-order valence-electron chi connectivity index (χ3n) is 4.28. The second-order valence-electron chi connectivity index (χ2n) is 6.23. The minimum Gasteiger partial charge on any atom is -0.452 e. The zero-order valence-corrected chi connectivity index (χ0v) is 15.0. The quantitative estimate of drug-likeness (QED) is 0.492. The van der Waals surface area contributed by atoms with Crippen LogP contribution >= 0.6 is 0 Å². The number of hydrogen-bond donors (Lipinski definition) is 1. The second-order valence-corrected chi connectivity index (χ2v) is 6.23. The zero-order chi connectivity index (χ0) is 20.3. The smallest absolute Gasteiger partial charge is 0.345 e. The van der Waals surface area contributed by atoms with Gasteiger partial charge in [-0.15, -0.1) is 0 Å². The molecule has 9 nitrogen and oxygen atoms in total. The number of esters is 1. The van der Waals surface area contributed by atoms with Gasteiger partial charge in [-0.25, -0.2) is 4.79 Å². The molecule has 0 saturated carbocycles. The molecule has 3 rings (SSSR count). The van der Waals surface area contributed by atoms with Crippen LogP contribution in [0.1, 0.15) is 23.7 Å². The molecule has 1 aliphatic rings. The van der Waals surface area contributed by atoms with Crippen molar-refractivity contribution in [1.29, 1.82) is 0 Å². The summed E-state index contributed by atoms with van der Waals surface area (Å²) in [6.07, 6.45) is 0.0819. The van der Waals surface area contributed by atoms with E-state index in [0.29, 0.717) is 11.4 Å². The fraction of sp³-hybridized carbons (Fsp3) is 0.211. The van der Waals surface area contributed by atoms with Crippen molar-refractivity contribution in [3.63, 3.8) is 0 Å². The highest BCUT2D eigenvalue weighted by Crippen LogP contribution is 2.31. The normalized spacial score (nSPS) is 15.8. The van der Waals surface area contributed by atoms with Crippen molar-refractivity contribution in [2.24, 2.45) is 0 Å². The number of anilines is 2. The van der Waals surface area contributed by atoms with E-state index in [4.69, 9.17) is 4.74 Å². The van der Waals surface area contributed by atoms with Crippen LogP contribution in [0, 0.1) is 10.1 Å². The van der Waals surface area contributed by atoms with Gasteiger partial charge in [0.25, 0.3) is 11.6 Å². The maximum Gasteiger partial charge on any atom is 0.345 e. The second kappa shape index (κ2) is 7.87. The van der Waals surface area contributed by atoms with Crippen molar-refractivity contribution >= 4 is 34.8 Å². The predicted molar refractivity (Wildman–Crippen MR) is 100 cm³/mol. The number of para-hydroxylation sites is 3. The number of rotatable bonds is 4. The largest absolute Gasteiger partial charge is 0.452 e. The topological polar surface area (TPSA) is 119 Å². The summed E-state index contributed by atoms with van der Waals surface area (Å²) in [6.45, 7) is 1.10. The summed E-state index contributed by atoms with van der Waals surface area (Å²) >= 11 is 0. The molecule has 0 saturated heterocycles. The summed E-state index contributed by atoms with van der Waals surface area (Å²) in [5.74, 6) is -1.74. The molecule has 0 bridgehead atoms. The maximum absolute atomic E-state index is 12.8. The number of fused-ring (bicyclic) bond motifs is 1. The summed E-state index contributed by atoms with van der Waals surface area (Å²) in [7, 11) is 0. The zero-order valence-electron chi connectivity index (χ0n) is 15.0. The number of carbonyl (C=O) groups is 3. The van der Waals surface area contributed by atoms with Gasteiger partial charge >= 0.3 is 5.97 Å². The molecule has 144 valence electrons. The van der Waals surface area contributed by atoms with Crippen LogP contribution in [-0.2, 0) is 14.3 Å². The lowest BCUT2D eigenvalue weighted by Gasteiger charge is -2.27. The van der Waals surface area contributed by atoms with Gasteiger partial charge in [0.1, 0.15) is 5.56 Å². The molecule has 0 aromatic heterocycles. The Bertz CT molecular complexity index is 958. The van der Waals surface area contributed by atoms with E-state index < -0.39 is 35.1 Å². The lowest BCUT2D eigenvalue weighted by Crippen LogP contribution is -2.41. The molecule has 9 heteroatoms. The average Bonchev–Trinajstić information content (AvgIpc) is 2.80. The van der Waals surface area contributed by atoms with Gasteiger partial charge in [0, 0.05) is 18.5 Å². The van der Waals surface area contributed by atoms with E-state index in [0.717, 1.165) is 0 Å². The fourth-order valence-corrected chi connectivity index (χ4v) is 3.05. The van der Waals surface area contributed by atoms with Crippen LogP contribution in [0.15, 0.2) is 48.5 Å². The molecule has 2 aromatic carbocycles. The van der Waals surface area contributed by atoms with Crippen molar-refractivity contribution in [3.8, 4) is 0 Å². The summed E-state index contributed by atoms with van der Waals surface area (Å²) in [5, 5.41) is 13.8. The number of nitrogens with one attached hydrogen (secondary N) is 1. The molecule has 2 amide bonds. The van der Waals surface area contributed by atoms with Crippen LogP contribution in [0.25, 0.3) is 0 Å². The number of nitro benzene ring substituents is 1. The highest BCUT2D eigenvalue weighted by atomic mass is 16.6. The Hall–Kier alpha value is -3.75. The van der Waals surface area contributed by atoms with E-state index in [2.05, 4.69) is 5.32 Å². The van der Waals surface area contributed by atoms with E-state index in [-0.39, 0.29) is 17.9 Å². The molecule has 2 aromatic rings. The van der Waals surface area contributed by atoms with Gasteiger partial charge in [0.05, 0.1) is 16.3 Å². The Morgan fingerprint density at radius 2 is 1.89 bits per heavy atom. The summed E-state index contributed by atoms with van der Waals surface area (Å²) in [4.78, 5) is 48.7. The van der Waals surface area contributed by atoms with Gasteiger partial charge in [0.2, 0.25) is 5.91 Å². The first-order chi connectivity index (χ1) is 13.4. The molecule has 1 heterocycles. The van der Waals surface area contributed by atoms with Crippen LogP contribution in [0.4, 0.5) is 17.1 Å². The molecule has 0 fully saturated rings. The first-order valence-corrected chi connectivity index (χ1v) is 8.50. The number of hydrogen-bond acceptors (Lipinski definition) is 6. The molecule has 0 spiro atoms. The number of nitro groups is 1.